The van der Waals surface area contributed by atoms with Crippen LogP contribution < -0.4 is 19.6 Å². The Bertz CT molecular complexity index is 1580. The minimum Gasteiger partial charge on any atom is -0.496 e. The molecule has 33 heavy (non-hydrogen) atoms. The van der Waals surface area contributed by atoms with E-state index in [1.165, 1.54) is 28.0 Å². The highest BCUT2D eigenvalue weighted by molar-refractivity contribution is 7.07. The Kier molecular flexibility index (Phi) is 4.84. The van der Waals surface area contributed by atoms with E-state index >= 15 is 0 Å². The van der Waals surface area contributed by atoms with Gasteiger partial charge in [-0.15, -0.1) is 0 Å². The van der Waals surface area contributed by atoms with Gasteiger partial charge in [0, 0.05) is 11.1 Å². The van der Waals surface area contributed by atoms with Crippen LogP contribution in [0.3, 0.4) is 0 Å². The lowest BCUT2D eigenvalue weighted by atomic mass is 9.83. The van der Waals surface area contributed by atoms with Gasteiger partial charge in [0.2, 0.25) is 0 Å². The molecule has 1 aromatic heterocycles. The standard InChI is InChI=1S/C28H22N2O2S/c1-32-23-14-8-7-13-21(23)26-22-16-15-19-11-5-6-12-20(19)25(22)29-28-30(26)27(31)24(33-28)17-18-9-3-2-4-10-18/h2-14,17,26H,15-16H2,1H3/b24-17-/t26-/m0/s1. The van der Waals surface area contributed by atoms with Gasteiger partial charge in [-0.05, 0) is 41.7 Å². The Morgan fingerprint density at radius 1 is 0.970 bits per heavy atom. The lowest BCUT2D eigenvalue weighted by Crippen LogP contribution is -2.38. The Balaban J connectivity index is 1.66. The first kappa shape index (κ1) is 19.9. The molecule has 4 nitrogen and oxygen atoms in total. The molecule has 0 spiro atoms. The van der Waals surface area contributed by atoms with Crippen molar-refractivity contribution in [3.63, 3.8) is 0 Å². The van der Waals surface area contributed by atoms with E-state index in [4.69, 9.17) is 9.73 Å². The lowest BCUT2D eigenvalue weighted by molar-refractivity contribution is 0.402. The van der Waals surface area contributed by atoms with Gasteiger partial charge < -0.3 is 4.74 Å². The second-order valence-electron chi connectivity index (χ2n) is 8.27. The molecule has 5 heteroatoms. The van der Waals surface area contributed by atoms with Gasteiger partial charge in [0.05, 0.1) is 23.4 Å². The molecule has 1 aliphatic heterocycles. The molecular weight excluding hydrogens is 428 g/mol. The summed E-state index contributed by atoms with van der Waals surface area (Å²) in [6, 6.07) is 26.2. The zero-order chi connectivity index (χ0) is 22.4. The predicted octanol–water partition coefficient (Wildman–Crippen LogP) is 4.33. The summed E-state index contributed by atoms with van der Waals surface area (Å²) in [4.78, 5) is 19.5. The first-order valence-corrected chi connectivity index (χ1v) is 11.9. The number of aryl methyl sites for hydroxylation is 1. The Morgan fingerprint density at radius 2 is 1.73 bits per heavy atom. The number of fused-ring (bicyclic) bond motifs is 3. The van der Waals surface area contributed by atoms with Gasteiger partial charge in [-0.25, -0.2) is 4.99 Å². The van der Waals surface area contributed by atoms with Crippen molar-refractivity contribution in [2.45, 2.75) is 18.9 Å². The van der Waals surface area contributed by atoms with E-state index in [2.05, 4.69) is 30.3 Å². The second-order valence-corrected chi connectivity index (χ2v) is 9.28. The number of methoxy groups -OCH3 is 1. The molecule has 0 saturated carbocycles. The molecular formula is C28H22N2O2S. The van der Waals surface area contributed by atoms with Crippen LogP contribution in [0.1, 0.15) is 34.7 Å². The molecule has 0 radical (unpaired) electrons. The molecule has 162 valence electrons. The van der Waals surface area contributed by atoms with E-state index in [0.29, 0.717) is 4.53 Å². The molecule has 2 heterocycles. The summed E-state index contributed by atoms with van der Waals surface area (Å²) in [5, 5.41) is 0. The van der Waals surface area contributed by atoms with Gasteiger partial charge in [-0.2, -0.15) is 0 Å². The van der Waals surface area contributed by atoms with Gasteiger partial charge in [0.15, 0.2) is 4.80 Å². The van der Waals surface area contributed by atoms with E-state index < -0.39 is 0 Å². The molecule has 0 bridgehead atoms. The molecule has 2 aliphatic rings. The highest BCUT2D eigenvalue weighted by Crippen LogP contribution is 2.43. The van der Waals surface area contributed by atoms with Gasteiger partial charge in [-0.1, -0.05) is 84.1 Å². The van der Waals surface area contributed by atoms with Crippen LogP contribution in [-0.4, -0.2) is 11.7 Å². The number of rotatable bonds is 3. The Labute approximate surface area is 195 Å². The van der Waals surface area contributed by atoms with Crippen molar-refractivity contribution in [2.75, 3.05) is 7.11 Å². The van der Waals surface area contributed by atoms with Crippen molar-refractivity contribution >= 4 is 23.1 Å². The fourth-order valence-electron chi connectivity index (χ4n) is 4.89. The molecule has 4 aromatic rings. The summed E-state index contributed by atoms with van der Waals surface area (Å²) in [5.41, 5.74) is 6.64. The van der Waals surface area contributed by atoms with Gasteiger partial charge in [-0.3, -0.25) is 9.36 Å². The van der Waals surface area contributed by atoms with E-state index in [0.717, 1.165) is 40.2 Å². The highest BCUT2D eigenvalue weighted by Gasteiger charge is 2.33. The summed E-state index contributed by atoms with van der Waals surface area (Å²) in [5.74, 6) is 0.785. The Morgan fingerprint density at radius 3 is 2.58 bits per heavy atom. The number of hydrogen-bond donors (Lipinski definition) is 0. The normalized spacial score (nSPS) is 17.1. The van der Waals surface area contributed by atoms with Crippen LogP contribution in [0.4, 0.5) is 0 Å². The third kappa shape index (κ3) is 3.28. The summed E-state index contributed by atoms with van der Waals surface area (Å²) in [7, 11) is 1.68. The molecule has 0 N–H and O–H groups in total. The van der Waals surface area contributed by atoms with Gasteiger partial charge in [0.25, 0.3) is 5.56 Å². The maximum Gasteiger partial charge on any atom is 0.271 e. The SMILES string of the molecule is COc1ccccc1[C@H]1C2=C(N=c3s/c(=C\c4ccccc4)c(=O)n31)c1ccccc1CC2. The van der Waals surface area contributed by atoms with Crippen molar-refractivity contribution < 1.29 is 4.74 Å². The van der Waals surface area contributed by atoms with Crippen LogP contribution in [0.25, 0.3) is 11.8 Å². The van der Waals surface area contributed by atoms with Crippen molar-refractivity contribution in [3.8, 4) is 5.75 Å². The number of nitrogens with zero attached hydrogens (tertiary/aromatic N) is 2. The summed E-state index contributed by atoms with van der Waals surface area (Å²) in [6.45, 7) is 0. The van der Waals surface area contributed by atoms with Crippen LogP contribution in [0.5, 0.6) is 5.75 Å². The first-order valence-electron chi connectivity index (χ1n) is 11.1. The van der Waals surface area contributed by atoms with Gasteiger partial charge >= 0.3 is 0 Å². The molecule has 0 amide bonds. The summed E-state index contributed by atoms with van der Waals surface area (Å²) in [6.07, 6.45) is 3.76. The Hall–Kier alpha value is -3.70. The zero-order valence-corrected chi connectivity index (χ0v) is 19.0. The van der Waals surface area contributed by atoms with Crippen LogP contribution in [0.15, 0.2) is 94.2 Å². The summed E-state index contributed by atoms with van der Waals surface area (Å²) >= 11 is 1.45. The van der Waals surface area contributed by atoms with Crippen molar-refractivity contribution in [1.82, 2.24) is 4.57 Å². The quantitative estimate of drug-likeness (QED) is 0.466. The largest absolute Gasteiger partial charge is 0.496 e. The molecule has 1 aliphatic carbocycles. The average Bonchev–Trinajstić information content (AvgIpc) is 3.17. The molecule has 0 saturated heterocycles. The smallest absolute Gasteiger partial charge is 0.271 e. The molecule has 0 unspecified atom stereocenters. The van der Waals surface area contributed by atoms with E-state index in [-0.39, 0.29) is 11.6 Å². The average molecular weight is 451 g/mol. The number of allylic oxidation sites excluding steroid dienone is 1. The minimum absolute atomic E-state index is 0.0103. The maximum absolute atomic E-state index is 13.7. The third-order valence-electron chi connectivity index (χ3n) is 6.40. The zero-order valence-electron chi connectivity index (χ0n) is 18.2. The molecule has 6 rings (SSSR count). The molecule has 0 fully saturated rings. The minimum atomic E-state index is -0.237. The van der Waals surface area contributed by atoms with E-state index in [9.17, 15) is 4.79 Å². The number of hydrogen-bond acceptors (Lipinski definition) is 4. The number of thiazole rings is 1. The van der Waals surface area contributed by atoms with Crippen molar-refractivity contribution in [1.29, 1.82) is 0 Å². The van der Waals surface area contributed by atoms with Gasteiger partial charge in [0.1, 0.15) is 5.75 Å². The number of ether oxygens (including phenoxy) is 1. The van der Waals surface area contributed by atoms with Crippen molar-refractivity contribution in [3.05, 3.63) is 126 Å². The number of benzene rings is 3. The van der Waals surface area contributed by atoms with Crippen LogP contribution in [0, 0.1) is 0 Å². The van der Waals surface area contributed by atoms with Crippen LogP contribution in [0.2, 0.25) is 0 Å². The predicted molar refractivity (Wildman–Crippen MR) is 132 cm³/mol. The fourth-order valence-corrected chi connectivity index (χ4v) is 5.89. The number of aromatic nitrogens is 1. The summed E-state index contributed by atoms with van der Waals surface area (Å²) < 4.78 is 8.29. The fraction of sp³-hybridized carbons (Fsp3) is 0.143. The monoisotopic (exact) mass is 450 g/mol. The topological polar surface area (TPSA) is 43.6 Å². The van der Waals surface area contributed by atoms with E-state index in [1.807, 2.05) is 59.2 Å². The lowest BCUT2D eigenvalue weighted by Gasteiger charge is -2.31. The van der Waals surface area contributed by atoms with E-state index in [1.54, 1.807) is 7.11 Å². The van der Waals surface area contributed by atoms with Crippen molar-refractivity contribution in [2.24, 2.45) is 4.99 Å². The molecule has 1 atom stereocenters. The second kappa shape index (κ2) is 8.01. The van der Waals surface area contributed by atoms with Crippen LogP contribution in [-0.2, 0) is 6.42 Å². The first-order chi connectivity index (χ1) is 16.2. The number of para-hydroxylation sites is 1. The maximum atomic E-state index is 13.7. The van der Waals surface area contributed by atoms with Crippen LogP contribution >= 0.6 is 11.3 Å². The highest BCUT2D eigenvalue weighted by atomic mass is 32.1. The molecule has 3 aromatic carbocycles. The third-order valence-corrected chi connectivity index (χ3v) is 7.39.